The predicted molar refractivity (Wildman–Crippen MR) is 118 cm³/mol. The first-order valence-electron chi connectivity index (χ1n) is 9.31. The average Bonchev–Trinajstić information content (AvgIpc) is 3.03. The van der Waals surface area contributed by atoms with Crippen molar-refractivity contribution in [3.8, 4) is 5.75 Å². The molecule has 0 atom stereocenters. The van der Waals surface area contributed by atoms with Crippen molar-refractivity contribution >= 4 is 50.7 Å². The van der Waals surface area contributed by atoms with E-state index in [0.717, 1.165) is 10.2 Å². The van der Waals surface area contributed by atoms with E-state index in [1.54, 1.807) is 30.3 Å². The van der Waals surface area contributed by atoms with Gasteiger partial charge in [0.2, 0.25) is 0 Å². The Balaban J connectivity index is 2.00. The molecule has 1 heterocycles. The molecule has 8 heteroatoms. The standard InChI is InChI=1S/C21H22Cl2N2O3S/c1-4-27-12-11-25-19-17(10-9-16(22)18(19)23)29-21(25)24-20(26)14-5-7-15(8-6-14)28-13(2)3/h5-10,13H,4,11-12H2,1-3H3. The van der Waals surface area contributed by atoms with E-state index in [0.29, 0.717) is 45.9 Å². The summed E-state index contributed by atoms with van der Waals surface area (Å²) in [6, 6.07) is 10.6. The molecule has 0 saturated heterocycles. The molecule has 154 valence electrons. The predicted octanol–water partition coefficient (Wildman–Crippen LogP) is 5.57. The number of hydrogen-bond acceptors (Lipinski definition) is 4. The van der Waals surface area contributed by atoms with Gasteiger partial charge in [0.05, 0.1) is 33.0 Å². The van der Waals surface area contributed by atoms with Crippen molar-refractivity contribution in [2.75, 3.05) is 13.2 Å². The summed E-state index contributed by atoms with van der Waals surface area (Å²) in [6.07, 6.45) is 0.0701. The Morgan fingerprint density at radius 2 is 1.90 bits per heavy atom. The van der Waals surface area contributed by atoms with Crippen molar-refractivity contribution in [3.05, 3.63) is 56.8 Å². The van der Waals surface area contributed by atoms with Crippen LogP contribution < -0.4 is 9.54 Å². The van der Waals surface area contributed by atoms with E-state index < -0.39 is 0 Å². The van der Waals surface area contributed by atoms with E-state index in [9.17, 15) is 4.79 Å². The maximum absolute atomic E-state index is 12.8. The highest BCUT2D eigenvalue weighted by Crippen LogP contribution is 2.32. The Morgan fingerprint density at radius 3 is 2.55 bits per heavy atom. The van der Waals surface area contributed by atoms with Gasteiger partial charge < -0.3 is 14.0 Å². The first-order chi connectivity index (χ1) is 13.9. The number of amides is 1. The van der Waals surface area contributed by atoms with Gasteiger partial charge in [-0.3, -0.25) is 4.79 Å². The molecule has 3 aromatic rings. The molecule has 1 amide bonds. The Morgan fingerprint density at radius 1 is 1.17 bits per heavy atom. The summed E-state index contributed by atoms with van der Waals surface area (Å²) in [6.45, 7) is 7.44. The second kappa shape index (κ2) is 9.76. The Bertz CT molecular complexity index is 1070. The molecule has 0 unspecified atom stereocenters. The lowest BCUT2D eigenvalue weighted by Gasteiger charge is -2.09. The van der Waals surface area contributed by atoms with Crippen LogP contribution in [0, 0.1) is 0 Å². The highest BCUT2D eigenvalue weighted by atomic mass is 35.5. The monoisotopic (exact) mass is 452 g/mol. The normalized spacial score (nSPS) is 12.1. The smallest absolute Gasteiger partial charge is 0.279 e. The molecular formula is C21H22Cl2N2O3S. The van der Waals surface area contributed by atoms with E-state index in [1.807, 2.05) is 31.4 Å². The molecule has 3 rings (SSSR count). The van der Waals surface area contributed by atoms with Crippen molar-refractivity contribution < 1.29 is 14.3 Å². The number of halogens is 2. The van der Waals surface area contributed by atoms with Gasteiger partial charge in [-0.15, -0.1) is 0 Å². The van der Waals surface area contributed by atoms with E-state index >= 15 is 0 Å². The topological polar surface area (TPSA) is 52.8 Å². The van der Waals surface area contributed by atoms with Crippen LogP contribution >= 0.6 is 34.5 Å². The number of thiazole rings is 1. The second-order valence-electron chi connectivity index (χ2n) is 6.55. The maximum atomic E-state index is 12.8. The Hall–Kier alpha value is -1.86. The summed E-state index contributed by atoms with van der Waals surface area (Å²) in [7, 11) is 0. The average molecular weight is 453 g/mol. The molecule has 5 nitrogen and oxygen atoms in total. The third-order valence-electron chi connectivity index (χ3n) is 4.07. The molecule has 0 N–H and O–H groups in total. The van der Waals surface area contributed by atoms with Gasteiger partial charge in [0.1, 0.15) is 5.75 Å². The summed E-state index contributed by atoms with van der Waals surface area (Å²) >= 11 is 14.0. The van der Waals surface area contributed by atoms with Crippen LogP contribution in [0.5, 0.6) is 5.75 Å². The SMILES string of the molecule is CCOCCn1c(=NC(=O)c2ccc(OC(C)C)cc2)sc2ccc(Cl)c(Cl)c21. The Labute approximate surface area is 183 Å². The number of carbonyl (C=O) groups excluding carboxylic acids is 1. The molecule has 0 aliphatic heterocycles. The summed E-state index contributed by atoms with van der Waals surface area (Å²) in [5.41, 5.74) is 1.25. The summed E-state index contributed by atoms with van der Waals surface area (Å²) in [5.74, 6) is 0.381. The number of hydrogen-bond donors (Lipinski definition) is 0. The lowest BCUT2D eigenvalue weighted by Crippen LogP contribution is -2.20. The molecule has 0 fully saturated rings. The highest BCUT2D eigenvalue weighted by molar-refractivity contribution is 7.16. The first kappa shape index (κ1) is 21.8. The van der Waals surface area contributed by atoms with Crippen molar-refractivity contribution in [2.24, 2.45) is 4.99 Å². The van der Waals surface area contributed by atoms with Crippen LogP contribution in [0.2, 0.25) is 10.0 Å². The van der Waals surface area contributed by atoms with Crippen LogP contribution in [0.25, 0.3) is 10.2 Å². The lowest BCUT2D eigenvalue weighted by molar-refractivity contribution is 0.0996. The van der Waals surface area contributed by atoms with Crippen LogP contribution in [0.4, 0.5) is 0 Å². The van der Waals surface area contributed by atoms with Crippen LogP contribution in [0.1, 0.15) is 31.1 Å². The molecule has 0 aliphatic carbocycles. The highest BCUT2D eigenvalue weighted by Gasteiger charge is 2.14. The van der Waals surface area contributed by atoms with E-state index in [4.69, 9.17) is 32.7 Å². The lowest BCUT2D eigenvalue weighted by atomic mass is 10.2. The molecule has 0 saturated carbocycles. The summed E-state index contributed by atoms with van der Waals surface area (Å²) in [5, 5.41) is 0.904. The van der Waals surface area contributed by atoms with Crippen molar-refractivity contribution in [1.82, 2.24) is 4.57 Å². The van der Waals surface area contributed by atoms with Gasteiger partial charge >= 0.3 is 0 Å². The molecule has 2 aromatic carbocycles. The molecule has 0 radical (unpaired) electrons. The molecule has 1 aromatic heterocycles. The number of rotatable bonds is 7. The maximum Gasteiger partial charge on any atom is 0.279 e. The van der Waals surface area contributed by atoms with Crippen molar-refractivity contribution in [1.29, 1.82) is 0 Å². The Kier molecular flexibility index (Phi) is 7.35. The largest absolute Gasteiger partial charge is 0.491 e. The van der Waals surface area contributed by atoms with Crippen molar-refractivity contribution in [2.45, 2.75) is 33.4 Å². The zero-order valence-corrected chi connectivity index (χ0v) is 18.8. The van der Waals surface area contributed by atoms with Gasteiger partial charge in [0, 0.05) is 18.7 Å². The third kappa shape index (κ3) is 5.20. The number of ether oxygens (including phenoxy) is 2. The zero-order chi connectivity index (χ0) is 21.0. The number of aromatic nitrogens is 1. The first-order valence-corrected chi connectivity index (χ1v) is 10.9. The van der Waals surface area contributed by atoms with Crippen LogP contribution in [-0.2, 0) is 11.3 Å². The minimum Gasteiger partial charge on any atom is -0.491 e. The zero-order valence-electron chi connectivity index (χ0n) is 16.4. The van der Waals surface area contributed by atoms with Gasteiger partial charge in [-0.1, -0.05) is 34.5 Å². The fraction of sp³-hybridized carbons (Fsp3) is 0.333. The van der Waals surface area contributed by atoms with Gasteiger partial charge in [-0.05, 0) is 57.2 Å². The van der Waals surface area contributed by atoms with Crippen LogP contribution in [0.3, 0.4) is 0 Å². The third-order valence-corrected chi connectivity index (χ3v) is 5.91. The van der Waals surface area contributed by atoms with Crippen molar-refractivity contribution in [3.63, 3.8) is 0 Å². The minimum absolute atomic E-state index is 0.0701. The number of benzene rings is 2. The number of carbonyl (C=O) groups is 1. The fourth-order valence-corrected chi connectivity index (χ4v) is 4.33. The van der Waals surface area contributed by atoms with Gasteiger partial charge in [-0.25, -0.2) is 0 Å². The van der Waals surface area contributed by atoms with E-state index in [2.05, 4.69) is 4.99 Å². The number of fused-ring (bicyclic) bond motifs is 1. The van der Waals surface area contributed by atoms with Crippen LogP contribution in [-0.4, -0.2) is 29.8 Å². The summed E-state index contributed by atoms with van der Waals surface area (Å²) < 4.78 is 13.9. The molecule has 29 heavy (non-hydrogen) atoms. The van der Waals surface area contributed by atoms with E-state index in [1.165, 1.54) is 11.3 Å². The summed E-state index contributed by atoms with van der Waals surface area (Å²) in [4.78, 5) is 17.7. The minimum atomic E-state index is -0.333. The molecule has 0 bridgehead atoms. The fourth-order valence-electron chi connectivity index (χ4n) is 2.80. The molecule has 0 spiro atoms. The molecular weight excluding hydrogens is 431 g/mol. The molecule has 0 aliphatic rings. The van der Waals surface area contributed by atoms with Gasteiger partial charge in [0.25, 0.3) is 5.91 Å². The second-order valence-corrected chi connectivity index (χ2v) is 8.34. The van der Waals surface area contributed by atoms with Gasteiger partial charge in [-0.2, -0.15) is 4.99 Å². The van der Waals surface area contributed by atoms with E-state index in [-0.39, 0.29) is 12.0 Å². The van der Waals surface area contributed by atoms with Gasteiger partial charge in [0.15, 0.2) is 4.80 Å². The van der Waals surface area contributed by atoms with Crippen LogP contribution in [0.15, 0.2) is 41.4 Å². The number of nitrogens with zero attached hydrogens (tertiary/aromatic N) is 2. The quantitative estimate of drug-likeness (QED) is 0.439.